The van der Waals surface area contributed by atoms with Crippen LogP contribution in [0.1, 0.15) is 29.6 Å². The fraction of sp³-hybridized carbons (Fsp3) is 0.500. The van der Waals surface area contributed by atoms with Gasteiger partial charge in [0, 0.05) is 12.3 Å². The minimum atomic E-state index is -0.366. The summed E-state index contributed by atoms with van der Waals surface area (Å²) < 4.78 is 10.1. The molecule has 0 atom stereocenters. The average Bonchev–Trinajstić information content (AvgIpc) is 3.12. The lowest BCUT2D eigenvalue weighted by Gasteiger charge is -2.05. The molecule has 1 aliphatic rings. The summed E-state index contributed by atoms with van der Waals surface area (Å²) in [7, 11) is 1.36. The average molecular weight is 221 g/mol. The number of hydrogen-bond donors (Lipinski definition) is 0. The highest BCUT2D eigenvalue weighted by atomic mass is 16.5. The SMILES string of the molecule is COC(=O)c1ccnc(OCCC2CC2)c1. The molecule has 1 aromatic rings. The Balaban J connectivity index is 1.89. The van der Waals surface area contributed by atoms with E-state index >= 15 is 0 Å². The van der Waals surface area contributed by atoms with Gasteiger partial charge in [-0.15, -0.1) is 0 Å². The summed E-state index contributed by atoms with van der Waals surface area (Å²) in [6.45, 7) is 0.669. The molecule has 4 nitrogen and oxygen atoms in total. The first kappa shape index (κ1) is 10.9. The molecule has 1 heterocycles. The second kappa shape index (κ2) is 4.96. The van der Waals surface area contributed by atoms with Crippen LogP contribution in [0.25, 0.3) is 0 Å². The number of aromatic nitrogens is 1. The zero-order chi connectivity index (χ0) is 11.4. The molecule has 0 saturated heterocycles. The first-order chi connectivity index (χ1) is 7.79. The van der Waals surface area contributed by atoms with E-state index in [-0.39, 0.29) is 5.97 Å². The summed E-state index contributed by atoms with van der Waals surface area (Å²) in [5, 5.41) is 0. The van der Waals surface area contributed by atoms with Crippen molar-refractivity contribution in [1.29, 1.82) is 0 Å². The Morgan fingerprint density at radius 1 is 1.56 bits per heavy atom. The number of ether oxygens (including phenoxy) is 2. The topological polar surface area (TPSA) is 48.4 Å². The van der Waals surface area contributed by atoms with Crippen molar-refractivity contribution in [1.82, 2.24) is 4.98 Å². The summed E-state index contributed by atoms with van der Waals surface area (Å²) in [5.74, 6) is 0.960. The van der Waals surface area contributed by atoms with Gasteiger partial charge in [0.15, 0.2) is 0 Å². The number of pyridine rings is 1. The van der Waals surface area contributed by atoms with E-state index < -0.39 is 0 Å². The van der Waals surface area contributed by atoms with Crippen LogP contribution in [0.2, 0.25) is 0 Å². The van der Waals surface area contributed by atoms with Crippen LogP contribution in [-0.2, 0) is 4.74 Å². The number of rotatable bonds is 5. The lowest BCUT2D eigenvalue weighted by Crippen LogP contribution is -2.04. The number of nitrogens with zero attached hydrogens (tertiary/aromatic N) is 1. The lowest BCUT2D eigenvalue weighted by molar-refractivity contribution is 0.0600. The van der Waals surface area contributed by atoms with E-state index in [2.05, 4.69) is 9.72 Å². The fourth-order valence-electron chi connectivity index (χ4n) is 1.47. The van der Waals surface area contributed by atoms with E-state index in [1.54, 1.807) is 18.3 Å². The standard InChI is InChI=1S/C12H15NO3/c1-15-12(14)10-4-6-13-11(8-10)16-7-5-9-2-3-9/h4,6,8-9H,2-3,5,7H2,1H3. The fourth-order valence-corrected chi connectivity index (χ4v) is 1.47. The molecule has 1 aromatic heterocycles. The summed E-state index contributed by atoms with van der Waals surface area (Å²) in [6, 6.07) is 3.22. The predicted octanol–water partition coefficient (Wildman–Crippen LogP) is 2.05. The van der Waals surface area contributed by atoms with E-state index in [4.69, 9.17) is 4.74 Å². The summed E-state index contributed by atoms with van der Waals surface area (Å²) >= 11 is 0. The molecule has 4 heteroatoms. The zero-order valence-corrected chi connectivity index (χ0v) is 9.31. The highest BCUT2D eigenvalue weighted by molar-refractivity contribution is 5.89. The summed E-state index contributed by atoms with van der Waals surface area (Å²) in [6.07, 6.45) is 5.26. The van der Waals surface area contributed by atoms with Crippen molar-refractivity contribution in [2.45, 2.75) is 19.3 Å². The van der Waals surface area contributed by atoms with Gasteiger partial charge in [-0.1, -0.05) is 12.8 Å². The minimum absolute atomic E-state index is 0.366. The Kier molecular flexibility index (Phi) is 3.39. The van der Waals surface area contributed by atoms with Crippen molar-refractivity contribution in [3.63, 3.8) is 0 Å². The molecule has 0 N–H and O–H groups in total. The Morgan fingerprint density at radius 2 is 2.38 bits per heavy atom. The quantitative estimate of drug-likeness (QED) is 0.714. The number of esters is 1. The second-order valence-electron chi connectivity index (χ2n) is 3.95. The van der Waals surface area contributed by atoms with Gasteiger partial charge >= 0.3 is 5.97 Å². The third-order valence-electron chi connectivity index (χ3n) is 2.63. The molecule has 0 radical (unpaired) electrons. The van der Waals surface area contributed by atoms with E-state index in [0.29, 0.717) is 18.1 Å². The van der Waals surface area contributed by atoms with Gasteiger partial charge < -0.3 is 9.47 Å². The normalized spacial score (nSPS) is 14.6. The Morgan fingerprint density at radius 3 is 3.06 bits per heavy atom. The Bertz CT molecular complexity index is 374. The maximum Gasteiger partial charge on any atom is 0.338 e. The Hall–Kier alpha value is -1.58. The maximum absolute atomic E-state index is 11.3. The molecule has 2 rings (SSSR count). The van der Waals surface area contributed by atoms with Crippen molar-refractivity contribution in [2.75, 3.05) is 13.7 Å². The third-order valence-corrected chi connectivity index (χ3v) is 2.63. The van der Waals surface area contributed by atoms with Crippen molar-refractivity contribution in [3.05, 3.63) is 23.9 Å². The third kappa shape index (κ3) is 2.95. The molecule has 0 aliphatic heterocycles. The van der Waals surface area contributed by atoms with Crippen LogP contribution in [0.5, 0.6) is 5.88 Å². The number of methoxy groups -OCH3 is 1. The van der Waals surface area contributed by atoms with Crippen molar-refractivity contribution in [2.24, 2.45) is 5.92 Å². The number of carbonyl (C=O) groups excluding carboxylic acids is 1. The van der Waals surface area contributed by atoms with Gasteiger partial charge in [0.05, 0.1) is 19.3 Å². The van der Waals surface area contributed by atoms with Gasteiger partial charge in [0.2, 0.25) is 5.88 Å². The largest absolute Gasteiger partial charge is 0.478 e. The number of hydrogen-bond acceptors (Lipinski definition) is 4. The highest BCUT2D eigenvalue weighted by Gasteiger charge is 2.20. The Labute approximate surface area is 94.6 Å². The lowest BCUT2D eigenvalue weighted by atomic mass is 10.3. The molecule has 0 bridgehead atoms. The van der Waals surface area contributed by atoms with Crippen LogP contribution < -0.4 is 4.74 Å². The van der Waals surface area contributed by atoms with Crippen molar-refractivity contribution in [3.8, 4) is 5.88 Å². The van der Waals surface area contributed by atoms with Gasteiger partial charge in [-0.05, 0) is 18.4 Å². The van der Waals surface area contributed by atoms with E-state index in [9.17, 15) is 4.79 Å². The van der Waals surface area contributed by atoms with Gasteiger partial charge in [-0.3, -0.25) is 0 Å². The molecule has 0 unspecified atom stereocenters. The molecule has 0 spiro atoms. The van der Waals surface area contributed by atoms with Crippen molar-refractivity contribution >= 4 is 5.97 Å². The smallest absolute Gasteiger partial charge is 0.338 e. The van der Waals surface area contributed by atoms with E-state index in [0.717, 1.165) is 12.3 Å². The molecule has 0 amide bonds. The highest BCUT2D eigenvalue weighted by Crippen LogP contribution is 2.32. The predicted molar refractivity (Wildman–Crippen MR) is 58.4 cm³/mol. The molecular formula is C12H15NO3. The van der Waals surface area contributed by atoms with Crippen LogP contribution in [-0.4, -0.2) is 24.7 Å². The van der Waals surface area contributed by atoms with Crippen molar-refractivity contribution < 1.29 is 14.3 Å². The molecule has 16 heavy (non-hydrogen) atoms. The molecular weight excluding hydrogens is 206 g/mol. The monoisotopic (exact) mass is 221 g/mol. The molecule has 0 aromatic carbocycles. The summed E-state index contributed by atoms with van der Waals surface area (Å²) in [4.78, 5) is 15.3. The molecule has 1 aliphatic carbocycles. The minimum Gasteiger partial charge on any atom is -0.478 e. The van der Waals surface area contributed by atoms with Gasteiger partial charge in [-0.25, -0.2) is 9.78 Å². The van der Waals surface area contributed by atoms with Crippen LogP contribution in [0.15, 0.2) is 18.3 Å². The first-order valence-corrected chi connectivity index (χ1v) is 5.47. The molecule has 86 valence electrons. The van der Waals surface area contributed by atoms with Gasteiger partial charge in [0.1, 0.15) is 0 Å². The van der Waals surface area contributed by atoms with Crippen LogP contribution >= 0.6 is 0 Å². The van der Waals surface area contributed by atoms with E-state index in [1.807, 2.05) is 0 Å². The molecule has 1 saturated carbocycles. The van der Waals surface area contributed by atoms with Gasteiger partial charge in [-0.2, -0.15) is 0 Å². The summed E-state index contributed by atoms with van der Waals surface area (Å²) in [5.41, 5.74) is 0.471. The van der Waals surface area contributed by atoms with E-state index in [1.165, 1.54) is 20.0 Å². The molecule has 1 fully saturated rings. The van der Waals surface area contributed by atoms with Crippen LogP contribution in [0, 0.1) is 5.92 Å². The first-order valence-electron chi connectivity index (χ1n) is 5.47. The zero-order valence-electron chi connectivity index (χ0n) is 9.31. The number of carbonyl (C=O) groups is 1. The van der Waals surface area contributed by atoms with Crippen LogP contribution in [0.4, 0.5) is 0 Å². The van der Waals surface area contributed by atoms with Gasteiger partial charge in [0.25, 0.3) is 0 Å². The second-order valence-corrected chi connectivity index (χ2v) is 3.95. The maximum atomic E-state index is 11.3. The van der Waals surface area contributed by atoms with Crippen LogP contribution in [0.3, 0.4) is 0 Å².